The molecule has 2 heterocycles. The molecule has 29 heavy (non-hydrogen) atoms. The van der Waals surface area contributed by atoms with Crippen molar-refractivity contribution in [1.29, 1.82) is 0 Å². The monoisotopic (exact) mass is 390 g/mol. The number of H-pyrrole nitrogens is 1. The van der Waals surface area contributed by atoms with Crippen molar-refractivity contribution in [2.24, 2.45) is 0 Å². The Morgan fingerprint density at radius 1 is 1.10 bits per heavy atom. The van der Waals surface area contributed by atoms with Crippen LogP contribution in [0, 0.1) is 6.92 Å². The smallest absolute Gasteiger partial charge is 0.338 e. The number of ketones is 1. The van der Waals surface area contributed by atoms with Gasteiger partial charge in [-0.2, -0.15) is 0 Å². The first-order chi connectivity index (χ1) is 14.0. The quantitative estimate of drug-likeness (QED) is 0.527. The lowest BCUT2D eigenvalue weighted by Crippen LogP contribution is -2.25. The standard InChI is InChI=1S/C23H22N2O4/c1-14-21(18-6-3-4-7-19(18)24-14)22(27)15(2)29-23(28)16-9-11-17(12-10-16)25-13-5-8-20(25)26/h3-4,6-7,9-12,15,24H,5,8,13H2,1-2H3/t15-/m1/s1. The number of carbonyl (C=O) groups excluding carboxylic acids is 3. The molecule has 148 valence electrons. The van der Waals surface area contributed by atoms with Gasteiger partial charge in [-0.1, -0.05) is 18.2 Å². The first-order valence-electron chi connectivity index (χ1n) is 9.68. The number of ether oxygens (including phenoxy) is 1. The molecule has 1 N–H and O–H groups in total. The summed E-state index contributed by atoms with van der Waals surface area (Å²) in [6, 6.07) is 14.3. The van der Waals surface area contributed by atoms with Crippen molar-refractivity contribution in [3.05, 3.63) is 65.4 Å². The second kappa shape index (κ2) is 7.54. The maximum Gasteiger partial charge on any atom is 0.338 e. The van der Waals surface area contributed by atoms with E-state index in [0.29, 0.717) is 24.1 Å². The van der Waals surface area contributed by atoms with Gasteiger partial charge in [-0.15, -0.1) is 0 Å². The summed E-state index contributed by atoms with van der Waals surface area (Å²) in [5.41, 5.74) is 3.28. The fraction of sp³-hybridized carbons (Fsp3) is 0.261. The van der Waals surface area contributed by atoms with E-state index in [4.69, 9.17) is 4.74 Å². The van der Waals surface area contributed by atoms with E-state index in [0.717, 1.165) is 28.7 Å². The Morgan fingerprint density at radius 2 is 1.83 bits per heavy atom. The van der Waals surface area contributed by atoms with Crippen LogP contribution in [0.5, 0.6) is 0 Å². The maximum atomic E-state index is 12.9. The Bertz CT molecular complexity index is 1100. The number of Topliss-reactive ketones (excluding diaryl/α,β-unsaturated/α-hetero) is 1. The normalized spacial score (nSPS) is 15.0. The highest BCUT2D eigenvalue weighted by Crippen LogP contribution is 2.25. The van der Waals surface area contributed by atoms with Gasteiger partial charge in [0.1, 0.15) is 0 Å². The number of aromatic amines is 1. The molecular weight excluding hydrogens is 368 g/mol. The van der Waals surface area contributed by atoms with E-state index in [9.17, 15) is 14.4 Å². The fourth-order valence-electron chi connectivity index (χ4n) is 3.78. The van der Waals surface area contributed by atoms with Crippen LogP contribution in [0.15, 0.2) is 48.5 Å². The van der Waals surface area contributed by atoms with Crippen LogP contribution >= 0.6 is 0 Å². The summed E-state index contributed by atoms with van der Waals surface area (Å²) in [6.07, 6.45) is 0.479. The molecule has 1 aliphatic rings. The van der Waals surface area contributed by atoms with E-state index in [1.54, 1.807) is 36.1 Å². The van der Waals surface area contributed by atoms with Crippen LogP contribution in [0.3, 0.4) is 0 Å². The van der Waals surface area contributed by atoms with E-state index in [1.165, 1.54) is 0 Å². The number of hydrogen-bond donors (Lipinski definition) is 1. The van der Waals surface area contributed by atoms with Gasteiger partial charge in [-0.05, 0) is 50.6 Å². The molecule has 0 saturated carbocycles. The Hall–Kier alpha value is -3.41. The summed E-state index contributed by atoms with van der Waals surface area (Å²) in [4.78, 5) is 42.2. The molecule has 1 aromatic heterocycles. The minimum Gasteiger partial charge on any atom is -0.451 e. The number of carbonyl (C=O) groups is 3. The first kappa shape index (κ1) is 18.9. The van der Waals surface area contributed by atoms with Crippen molar-refractivity contribution in [2.45, 2.75) is 32.8 Å². The van der Waals surface area contributed by atoms with Crippen LogP contribution in [-0.4, -0.2) is 35.3 Å². The van der Waals surface area contributed by atoms with Crippen LogP contribution in [-0.2, 0) is 9.53 Å². The highest BCUT2D eigenvalue weighted by molar-refractivity contribution is 6.11. The Kier molecular flexibility index (Phi) is 4.92. The zero-order chi connectivity index (χ0) is 20.5. The Morgan fingerprint density at radius 3 is 2.52 bits per heavy atom. The van der Waals surface area contributed by atoms with Gasteiger partial charge in [0.15, 0.2) is 6.10 Å². The van der Waals surface area contributed by atoms with Gasteiger partial charge in [0.2, 0.25) is 11.7 Å². The number of benzene rings is 2. The van der Waals surface area contributed by atoms with Crippen LogP contribution in [0.1, 0.15) is 46.2 Å². The minimum atomic E-state index is -0.916. The molecule has 6 nitrogen and oxygen atoms in total. The summed E-state index contributed by atoms with van der Waals surface area (Å²) in [7, 11) is 0. The van der Waals surface area contributed by atoms with Crippen molar-refractivity contribution in [3.63, 3.8) is 0 Å². The van der Waals surface area contributed by atoms with Gasteiger partial charge in [0.25, 0.3) is 0 Å². The number of nitrogens with one attached hydrogen (secondary N) is 1. The van der Waals surface area contributed by atoms with Gasteiger partial charge in [0.05, 0.1) is 5.56 Å². The van der Waals surface area contributed by atoms with E-state index in [-0.39, 0.29) is 11.7 Å². The average Bonchev–Trinajstić information content (AvgIpc) is 3.29. The number of fused-ring (bicyclic) bond motifs is 1. The number of amides is 1. The SMILES string of the molecule is Cc1[nH]c2ccccc2c1C(=O)[C@@H](C)OC(=O)c1ccc(N2CCCC2=O)cc1. The minimum absolute atomic E-state index is 0.0913. The highest BCUT2D eigenvalue weighted by atomic mass is 16.5. The number of anilines is 1. The van der Waals surface area contributed by atoms with Gasteiger partial charge >= 0.3 is 5.97 Å². The van der Waals surface area contributed by atoms with Crippen LogP contribution in [0.4, 0.5) is 5.69 Å². The molecule has 3 aromatic rings. The summed E-state index contributed by atoms with van der Waals surface area (Å²) >= 11 is 0. The van der Waals surface area contributed by atoms with E-state index >= 15 is 0 Å². The third-order valence-corrected chi connectivity index (χ3v) is 5.28. The molecule has 0 radical (unpaired) electrons. The van der Waals surface area contributed by atoms with Gasteiger partial charge in [-0.25, -0.2) is 4.79 Å². The van der Waals surface area contributed by atoms with Crippen LogP contribution in [0.25, 0.3) is 10.9 Å². The summed E-state index contributed by atoms with van der Waals surface area (Å²) in [5.74, 6) is -0.719. The van der Waals surface area contributed by atoms with Crippen LogP contribution < -0.4 is 4.90 Å². The molecule has 2 aromatic carbocycles. The zero-order valence-electron chi connectivity index (χ0n) is 16.4. The first-order valence-corrected chi connectivity index (χ1v) is 9.68. The largest absolute Gasteiger partial charge is 0.451 e. The Balaban J connectivity index is 1.48. The van der Waals surface area contributed by atoms with E-state index in [1.807, 2.05) is 31.2 Å². The van der Waals surface area contributed by atoms with Crippen molar-refractivity contribution < 1.29 is 19.1 Å². The predicted octanol–water partition coefficient (Wildman–Crippen LogP) is 4.03. The maximum absolute atomic E-state index is 12.9. The average molecular weight is 390 g/mol. The lowest BCUT2D eigenvalue weighted by molar-refractivity contribution is -0.117. The number of hydrogen-bond acceptors (Lipinski definition) is 4. The van der Waals surface area contributed by atoms with Gasteiger partial charge in [0, 0.05) is 40.8 Å². The third kappa shape index (κ3) is 3.53. The molecular formula is C23H22N2O4. The van der Waals surface area contributed by atoms with Gasteiger partial charge < -0.3 is 14.6 Å². The lowest BCUT2D eigenvalue weighted by Gasteiger charge is -2.16. The molecule has 6 heteroatoms. The molecule has 0 bridgehead atoms. The number of rotatable bonds is 5. The lowest BCUT2D eigenvalue weighted by atomic mass is 10.0. The molecule has 1 atom stereocenters. The second-order valence-corrected chi connectivity index (χ2v) is 7.28. The molecule has 1 saturated heterocycles. The van der Waals surface area contributed by atoms with Gasteiger partial charge in [-0.3, -0.25) is 9.59 Å². The second-order valence-electron chi connectivity index (χ2n) is 7.28. The summed E-state index contributed by atoms with van der Waals surface area (Å²) < 4.78 is 5.43. The number of aromatic nitrogens is 1. The van der Waals surface area contributed by atoms with Crippen molar-refractivity contribution >= 4 is 34.3 Å². The molecule has 0 unspecified atom stereocenters. The number of aryl methyl sites for hydroxylation is 1. The van der Waals surface area contributed by atoms with Crippen molar-refractivity contribution in [1.82, 2.24) is 4.98 Å². The molecule has 1 amide bonds. The molecule has 1 fully saturated rings. The third-order valence-electron chi connectivity index (χ3n) is 5.28. The fourth-order valence-corrected chi connectivity index (χ4v) is 3.78. The summed E-state index contributed by atoms with van der Waals surface area (Å²) in [5, 5.41) is 0.817. The zero-order valence-corrected chi connectivity index (χ0v) is 16.4. The number of para-hydroxylation sites is 1. The summed E-state index contributed by atoms with van der Waals surface area (Å²) in [6.45, 7) is 4.11. The molecule has 0 spiro atoms. The van der Waals surface area contributed by atoms with Crippen molar-refractivity contribution in [2.75, 3.05) is 11.4 Å². The predicted molar refractivity (Wildman–Crippen MR) is 110 cm³/mol. The highest BCUT2D eigenvalue weighted by Gasteiger charge is 2.25. The topological polar surface area (TPSA) is 79.5 Å². The molecule has 4 rings (SSSR count). The van der Waals surface area contributed by atoms with Crippen molar-refractivity contribution in [3.8, 4) is 0 Å². The van der Waals surface area contributed by atoms with E-state index < -0.39 is 12.1 Å². The Labute approximate surface area is 168 Å². The molecule has 0 aliphatic carbocycles. The molecule has 1 aliphatic heterocycles. The van der Waals surface area contributed by atoms with Crippen LogP contribution in [0.2, 0.25) is 0 Å². The number of esters is 1. The number of nitrogens with zero attached hydrogens (tertiary/aromatic N) is 1. The van der Waals surface area contributed by atoms with E-state index in [2.05, 4.69) is 4.98 Å².